The molecule has 0 atom stereocenters. The number of para-hydroxylation sites is 2. The van der Waals surface area contributed by atoms with Gasteiger partial charge in [-0.1, -0.05) is 55.7 Å². The number of rotatable bonds is 2. The molecule has 136 valence electrons. The van der Waals surface area contributed by atoms with Crippen molar-refractivity contribution in [2.45, 2.75) is 45.1 Å². The fourth-order valence-corrected chi connectivity index (χ4v) is 3.53. The summed E-state index contributed by atoms with van der Waals surface area (Å²) in [4.78, 5) is 15.8. The number of aromatic amines is 1. The molecule has 1 aromatic heterocycles. The van der Waals surface area contributed by atoms with Crippen LogP contribution in [0.4, 0.5) is 5.69 Å². The Morgan fingerprint density at radius 1 is 1.00 bits per heavy atom. The van der Waals surface area contributed by atoms with Gasteiger partial charge >= 0.3 is 0 Å². The number of benzene rings is 2. The fraction of sp³-hybridized carbons (Fsp3) is 0.318. The number of nitrogens with two attached hydrogens (primary N) is 1. The van der Waals surface area contributed by atoms with Gasteiger partial charge in [0.05, 0.1) is 5.56 Å². The van der Waals surface area contributed by atoms with E-state index in [0.29, 0.717) is 6.04 Å². The van der Waals surface area contributed by atoms with Gasteiger partial charge in [-0.3, -0.25) is 4.79 Å². The first-order valence-electron chi connectivity index (χ1n) is 9.34. The van der Waals surface area contributed by atoms with Crippen molar-refractivity contribution in [1.29, 1.82) is 0 Å². The van der Waals surface area contributed by atoms with Crippen molar-refractivity contribution in [3.63, 3.8) is 0 Å². The lowest BCUT2D eigenvalue weighted by Gasteiger charge is -2.22. The first kappa shape index (κ1) is 18.1. The molecular formula is C22H27N3O. The van der Waals surface area contributed by atoms with E-state index in [1.807, 2.05) is 61.5 Å². The Morgan fingerprint density at radius 3 is 2.31 bits per heavy atom. The smallest absolute Gasteiger partial charge is 0.253 e. The zero-order valence-electron chi connectivity index (χ0n) is 15.3. The van der Waals surface area contributed by atoms with E-state index in [4.69, 9.17) is 5.73 Å². The molecule has 26 heavy (non-hydrogen) atoms. The van der Waals surface area contributed by atoms with Crippen LogP contribution in [0.5, 0.6) is 0 Å². The van der Waals surface area contributed by atoms with Crippen molar-refractivity contribution >= 4 is 22.5 Å². The number of aryl methyl sites for hydroxylation is 1. The predicted molar refractivity (Wildman–Crippen MR) is 108 cm³/mol. The van der Waals surface area contributed by atoms with Gasteiger partial charge in [-0.05, 0) is 38.0 Å². The number of nitrogen functional groups attached to an aromatic ring is 1. The summed E-state index contributed by atoms with van der Waals surface area (Å²) in [5.74, 6) is 0.0712. The summed E-state index contributed by atoms with van der Waals surface area (Å²) in [6, 6.07) is 17.8. The molecule has 1 aliphatic carbocycles. The number of fused-ring (bicyclic) bond motifs is 1. The number of anilines is 1. The molecule has 0 unspecified atom stereocenters. The monoisotopic (exact) mass is 349 g/mol. The Morgan fingerprint density at radius 2 is 1.65 bits per heavy atom. The Hall–Kier alpha value is -2.75. The maximum Gasteiger partial charge on any atom is 0.253 e. The van der Waals surface area contributed by atoms with Gasteiger partial charge in [0.2, 0.25) is 0 Å². The van der Waals surface area contributed by atoms with Gasteiger partial charge in [0.25, 0.3) is 5.91 Å². The van der Waals surface area contributed by atoms with Gasteiger partial charge < -0.3 is 16.0 Å². The molecule has 4 heteroatoms. The van der Waals surface area contributed by atoms with Gasteiger partial charge in [-0.25, -0.2) is 0 Å². The van der Waals surface area contributed by atoms with Crippen LogP contribution in [0.15, 0.2) is 54.6 Å². The van der Waals surface area contributed by atoms with Crippen LogP contribution in [0.25, 0.3) is 10.9 Å². The summed E-state index contributed by atoms with van der Waals surface area (Å²) in [6.45, 7) is 1.97. The molecule has 4 nitrogen and oxygen atoms in total. The molecule has 0 aliphatic heterocycles. The summed E-state index contributed by atoms with van der Waals surface area (Å²) < 4.78 is 0. The summed E-state index contributed by atoms with van der Waals surface area (Å²) in [5, 5.41) is 4.22. The normalized spacial score (nSPS) is 14.5. The largest absolute Gasteiger partial charge is 0.399 e. The SMILES string of the molecule is Cc1[nH]c2ccccc2c1C(=O)NC1CCCCC1.Nc1ccccc1. The summed E-state index contributed by atoms with van der Waals surface area (Å²) in [7, 11) is 0. The maximum atomic E-state index is 12.5. The van der Waals surface area contributed by atoms with Gasteiger partial charge in [-0.2, -0.15) is 0 Å². The third kappa shape index (κ3) is 4.45. The predicted octanol–water partition coefficient (Wildman–Crippen LogP) is 4.81. The van der Waals surface area contributed by atoms with Crippen LogP contribution in [0.2, 0.25) is 0 Å². The minimum absolute atomic E-state index is 0.0712. The Labute approximate surface area is 154 Å². The molecule has 3 aromatic rings. The molecule has 2 aromatic carbocycles. The first-order valence-corrected chi connectivity index (χ1v) is 9.34. The number of carbonyl (C=O) groups excluding carboxylic acids is 1. The van der Waals surface area contributed by atoms with Crippen LogP contribution >= 0.6 is 0 Å². The quantitative estimate of drug-likeness (QED) is 0.581. The number of carbonyl (C=O) groups is 1. The third-order valence-corrected chi connectivity index (χ3v) is 4.86. The number of hydrogen-bond donors (Lipinski definition) is 3. The molecule has 1 fully saturated rings. The second kappa shape index (κ2) is 8.56. The average Bonchev–Trinajstić information content (AvgIpc) is 2.99. The van der Waals surface area contributed by atoms with Crippen molar-refractivity contribution in [2.24, 2.45) is 0 Å². The second-order valence-electron chi connectivity index (χ2n) is 6.89. The standard InChI is InChI=1S/C16H20N2O.C6H7N/c1-11-15(13-9-5-6-10-14(13)17-11)16(19)18-12-7-3-2-4-8-12;7-6-4-2-1-3-5-6/h5-6,9-10,12,17H,2-4,7-8H2,1H3,(H,18,19);1-5H,7H2. The zero-order valence-corrected chi connectivity index (χ0v) is 15.3. The zero-order chi connectivity index (χ0) is 18.4. The molecule has 0 bridgehead atoms. The van der Waals surface area contributed by atoms with Gasteiger partial charge in [0.1, 0.15) is 0 Å². The number of nitrogens with one attached hydrogen (secondary N) is 2. The number of aromatic nitrogens is 1. The van der Waals surface area contributed by atoms with Gasteiger partial charge in [-0.15, -0.1) is 0 Å². The first-order chi connectivity index (χ1) is 12.6. The summed E-state index contributed by atoms with van der Waals surface area (Å²) in [6.07, 6.45) is 6.01. The van der Waals surface area contributed by atoms with Crippen LogP contribution in [0, 0.1) is 6.92 Å². The highest BCUT2D eigenvalue weighted by molar-refractivity contribution is 6.08. The van der Waals surface area contributed by atoms with E-state index in [1.165, 1.54) is 19.3 Å². The van der Waals surface area contributed by atoms with Crippen molar-refractivity contribution in [1.82, 2.24) is 10.3 Å². The van der Waals surface area contributed by atoms with E-state index in [-0.39, 0.29) is 5.91 Å². The number of H-pyrrole nitrogens is 1. The topological polar surface area (TPSA) is 70.9 Å². The summed E-state index contributed by atoms with van der Waals surface area (Å²) in [5.41, 5.74) is 8.98. The maximum absolute atomic E-state index is 12.5. The lowest BCUT2D eigenvalue weighted by Crippen LogP contribution is -2.36. The lowest BCUT2D eigenvalue weighted by atomic mass is 9.95. The average molecular weight is 349 g/mol. The minimum Gasteiger partial charge on any atom is -0.399 e. The molecule has 0 radical (unpaired) electrons. The number of hydrogen-bond acceptors (Lipinski definition) is 2. The molecule has 1 aliphatic rings. The Bertz CT molecular complexity index is 848. The Balaban J connectivity index is 0.000000236. The van der Waals surface area contributed by atoms with Gasteiger partial charge in [0, 0.05) is 28.3 Å². The van der Waals surface area contributed by atoms with Crippen molar-refractivity contribution < 1.29 is 4.79 Å². The van der Waals surface area contributed by atoms with Crippen molar-refractivity contribution in [2.75, 3.05) is 5.73 Å². The molecule has 4 rings (SSSR count). The molecule has 1 heterocycles. The van der Waals surface area contributed by atoms with Crippen molar-refractivity contribution in [3.8, 4) is 0 Å². The van der Waals surface area contributed by atoms with E-state index in [9.17, 15) is 4.79 Å². The van der Waals surface area contributed by atoms with E-state index in [0.717, 1.165) is 40.7 Å². The van der Waals surface area contributed by atoms with Crippen LogP contribution < -0.4 is 11.1 Å². The van der Waals surface area contributed by atoms with Gasteiger partial charge in [0.15, 0.2) is 0 Å². The van der Waals surface area contributed by atoms with E-state index >= 15 is 0 Å². The van der Waals surface area contributed by atoms with Crippen LogP contribution in [0.1, 0.15) is 48.2 Å². The molecular weight excluding hydrogens is 322 g/mol. The summed E-state index contributed by atoms with van der Waals surface area (Å²) >= 11 is 0. The minimum atomic E-state index is 0.0712. The van der Waals surface area contributed by atoms with E-state index in [2.05, 4.69) is 10.3 Å². The molecule has 1 saturated carbocycles. The Kier molecular flexibility index (Phi) is 5.95. The highest BCUT2D eigenvalue weighted by Crippen LogP contribution is 2.23. The lowest BCUT2D eigenvalue weighted by molar-refractivity contribution is 0.0929. The van der Waals surface area contributed by atoms with Crippen molar-refractivity contribution in [3.05, 3.63) is 65.9 Å². The molecule has 1 amide bonds. The number of amides is 1. The molecule has 0 spiro atoms. The van der Waals surface area contributed by atoms with E-state index in [1.54, 1.807) is 0 Å². The molecule has 4 N–H and O–H groups in total. The highest BCUT2D eigenvalue weighted by atomic mass is 16.1. The highest BCUT2D eigenvalue weighted by Gasteiger charge is 2.20. The van der Waals surface area contributed by atoms with Crippen LogP contribution in [0.3, 0.4) is 0 Å². The van der Waals surface area contributed by atoms with E-state index < -0.39 is 0 Å². The molecule has 0 saturated heterocycles. The van der Waals surface area contributed by atoms with Crippen LogP contribution in [-0.2, 0) is 0 Å². The second-order valence-corrected chi connectivity index (χ2v) is 6.89. The van der Waals surface area contributed by atoms with Crippen LogP contribution in [-0.4, -0.2) is 16.9 Å². The third-order valence-electron chi connectivity index (χ3n) is 4.86. The fourth-order valence-electron chi connectivity index (χ4n) is 3.53.